The molecular formula is C111H123N15O6. The molecule has 9 aromatic heterocycles. The Morgan fingerprint density at radius 2 is 0.439 bits per heavy atom. The number of amides is 3. The Balaban J connectivity index is 0.000000177. The number of ketones is 3. The van der Waals surface area contributed by atoms with Gasteiger partial charge in [-0.3, -0.25) is 14.4 Å². The summed E-state index contributed by atoms with van der Waals surface area (Å²) in [6, 6.07) is 24.8. The minimum absolute atomic E-state index is 0.0127. The van der Waals surface area contributed by atoms with Gasteiger partial charge >= 0.3 is 0 Å². The van der Waals surface area contributed by atoms with E-state index in [2.05, 4.69) is 236 Å². The number of hydrogen-bond donors (Lipinski definition) is 9. The maximum absolute atomic E-state index is 12.5. The van der Waals surface area contributed by atoms with Gasteiger partial charge in [0.25, 0.3) is 0 Å². The first-order valence-electron chi connectivity index (χ1n) is 45.1. The molecule has 21 heteroatoms. The number of H-pyrrole nitrogens is 6. The van der Waals surface area contributed by atoms with E-state index in [1.54, 1.807) is 34.9 Å². The van der Waals surface area contributed by atoms with Crippen LogP contribution < -0.4 is 16.0 Å². The molecule has 6 aliphatic rings. The normalized spacial score (nSPS) is 12.8. The topological polar surface area (TPSA) is 311 Å². The summed E-state index contributed by atoms with van der Waals surface area (Å²) >= 11 is 0. The number of hydrogen-bond acceptors (Lipinski definition) is 12. The van der Waals surface area contributed by atoms with Crippen molar-refractivity contribution in [1.82, 2.24) is 75.8 Å². The number of nitrogens with one attached hydrogen (secondary N) is 9. The molecule has 9 N–H and O–H groups in total. The lowest BCUT2D eigenvalue weighted by Crippen LogP contribution is -2.22. The summed E-state index contributed by atoms with van der Waals surface area (Å²) in [4.78, 5) is 125. The van der Waals surface area contributed by atoms with Crippen molar-refractivity contribution >= 4 is 205 Å². The molecule has 0 radical (unpaired) electrons. The molecule has 3 amide bonds. The average Bonchev–Trinajstić information content (AvgIpc) is 1.62. The van der Waals surface area contributed by atoms with Gasteiger partial charge in [-0.15, -0.1) is 13.2 Å². The minimum atomic E-state index is -0.0220. The Bertz CT molecular complexity index is 6880. The van der Waals surface area contributed by atoms with E-state index in [-0.39, 0.29) is 35.1 Å². The molecule has 0 saturated heterocycles. The predicted octanol–water partition coefficient (Wildman–Crippen LogP) is 25.1. The standard InChI is InChI=1S/C37H41N5O2.2C36H39N5O2.C2H4/c1-9-25-21(5)29-16-30-24(8)28(14-15-37(44)38-11-3)36(41-30)19-35-27(13-12-20(4)43)23(7)32(42-35)18-34-26(10-2)22(6)31(40-34)17-33(25)39-29;2*1-9-24-20(4)28-15-29-23(7)27(13-14-36(43)37-8)35(40-29)18-34-26(12-11-19(3)42)22(6)31(41-34)17-33-25(10-2)21(5)30(39-33)16-32(24)38-28;1-2/h9-10,16-19,39-40H,1-2,11-15H2,3-8H3,(H,38,44);2*9-10,15-18,38-39H,1-2,11-14H2,3-8H3,(H,37,43);1-2H2. The monoisotopic (exact) mass is 1760 g/mol. The molecule has 21 nitrogen and oxygen atoms in total. The number of nitrogens with zero attached hydrogens (tertiary/aromatic N) is 6. The van der Waals surface area contributed by atoms with Gasteiger partial charge in [0, 0.05) is 159 Å². The van der Waals surface area contributed by atoms with Crippen LogP contribution in [0.2, 0.25) is 0 Å². The van der Waals surface area contributed by atoms with Crippen LogP contribution >= 0.6 is 0 Å². The minimum Gasteiger partial charge on any atom is -0.359 e. The predicted molar refractivity (Wildman–Crippen MR) is 552 cm³/mol. The average molecular weight is 1760 g/mol. The number of aromatic amines is 6. The van der Waals surface area contributed by atoms with E-state index < -0.39 is 0 Å². The first-order valence-corrected chi connectivity index (χ1v) is 45.1. The highest BCUT2D eigenvalue weighted by Gasteiger charge is 2.29. The molecule has 0 fully saturated rings. The lowest BCUT2D eigenvalue weighted by Gasteiger charge is -2.06. The molecule has 0 atom stereocenters. The van der Waals surface area contributed by atoms with Gasteiger partial charge < -0.3 is 60.2 Å². The lowest BCUT2D eigenvalue weighted by atomic mass is 9.97. The third-order valence-electron chi connectivity index (χ3n) is 26.0. The van der Waals surface area contributed by atoms with Crippen LogP contribution in [0.15, 0.2) is 125 Å². The van der Waals surface area contributed by atoms with Crippen molar-refractivity contribution in [2.45, 2.75) is 188 Å². The zero-order chi connectivity index (χ0) is 95.7. The van der Waals surface area contributed by atoms with E-state index in [1.165, 1.54) is 0 Å². The summed E-state index contributed by atoms with van der Waals surface area (Å²) in [6.45, 7) is 62.8. The Hall–Kier alpha value is -14.6. The van der Waals surface area contributed by atoms with Crippen LogP contribution in [0.5, 0.6) is 0 Å². The summed E-state index contributed by atoms with van der Waals surface area (Å²) in [5, 5.41) is 8.36. The zero-order valence-corrected chi connectivity index (χ0v) is 79.9. The third kappa shape index (κ3) is 20.1. The fourth-order valence-electron chi connectivity index (χ4n) is 18.1. The molecular weight excluding hydrogens is 1640 g/mol. The van der Waals surface area contributed by atoms with Gasteiger partial charge in [0.15, 0.2) is 0 Å². The van der Waals surface area contributed by atoms with Crippen molar-refractivity contribution < 1.29 is 28.8 Å². The fourth-order valence-corrected chi connectivity index (χ4v) is 18.1. The lowest BCUT2D eigenvalue weighted by molar-refractivity contribution is -0.121. The van der Waals surface area contributed by atoms with Crippen molar-refractivity contribution in [2.24, 2.45) is 0 Å². The smallest absolute Gasteiger partial charge is 0.220 e. The first kappa shape index (κ1) is 96.5. The molecule has 0 aromatic carbocycles. The number of aryl methyl sites for hydroxylation is 6. The Morgan fingerprint density at radius 1 is 0.265 bits per heavy atom. The van der Waals surface area contributed by atoms with Crippen LogP contribution in [0.25, 0.3) is 170 Å². The maximum Gasteiger partial charge on any atom is 0.220 e. The largest absolute Gasteiger partial charge is 0.359 e. The van der Waals surface area contributed by atoms with E-state index in [0.717, 1.165) is 268 Å². The molecule has 15 heterocycles. The van der Waals surface area contributed by atoms with Gasteiger partial charge in [-0.2, -0.15) is 0 Å². The van der Waals surface area contributed by atoms with E-state index >= 15 is 0 Å². The Kier molecular flexibility index (Phi) is 30.3. The second kappa shape index (κ2) is 41.4. The van der Waals surface area contributed by atoms with Gasteiger partial charge in [0.05, 0.1) is 68.3 Å². The molecule has 0 spiro atoms. The summed E-state index contributed by atoms with van der Waals surface area (Å²) in [7, 11) is 3.30. The highest BCUT2D eigenvalue weighted by Crippen LogP contribution is 2.44. The summed E-state index contributed by atoms with van der Waals surface area (Å²) < 4.78 is 0. The zero-order valence-electron chi connectivity index (χ0n) is 79.9. The number of carbonyl (C=O) groups is 6. The quantitative estimate of drug-likeness (QED) is 0.0241. The van der Waals surface area contributed by atoms with Gasteiger partial charge in [-0.05, 0) is 322 Å². The van der Waals surface area contributed by atoms with Crippen molar-refractivity contribution in [3.05, 3.63) is 261 Å². The van der Waals surface area contributed by atoms with Crippen molar-refractivity contribution in [2.75, 3.05) is 20.6 Å². The van der Waals surface area contributed by atoms with Crippen LogP contribution in [0.1, 0.15) is 281 Å². The number of carbonyl (C=O) groups excluding carboxylic acids is 6. The number of fused-ring (bicyclic) bond motifs is 24. The van der Waals surface area contributed by atoms with Crippen molar-refractivity contribution in [3.63, 3.8) is 0 Å². The molecule has 24 bridgehead atoms. The second-order valence-electron chi connectivity index (χ2n) is 34.2. The van der Waals surface area contributed by atoms with Crippen LogP contribution in [-0.4, -0.2) is 116 Å². The van der Waals surface area contributed by atoms with Gasteiger partial charge in [-0.1, -0.05) is 75.9 Å². The van der Waals surface area contributed by atoms with Gasteiger partial charge in [0.2, 0.25) is 17.7 Å². The molecule has 132 heavy (non-hydrogen) atoms. The highest BCUT2D eigenvalue weighted by atomic mass is 16.2. The third-order valence-corrected chi connectivity index (χ3v) is 26.0. The summed E-state index contributed by atoms with van der Waals surface area (Å²) in [5.41, 5.74) is 46.1. The number of Topliss-reactive ketones (excluding diaryl/α,β-unsaturated/α-hetero) is 3. The maximum atomic E-state index is 12.5. The van der Waals surface area contributed by atoms with Crippen molar-refractivity contribution in [1.29, 1.82) is 0 Å². The molecule has 0 aliphatic carbocycles. The Labute approximate surface area is 773 Å². The van der Waals surface area contributed by atoms with Crippen LogP contribution in [-0.2, 0) is 28.8 Å². The van der Waals surface area contributed by atoms with Gasteiger partial charge in [0.1, 0.15) is 17.3 Å². The van der Waals surface area contributed by atoms with Crippen LogP contribution in [0.4, 0.5) is 0 Å². The molecule has 6 aliphatic heterocycles. The van der Waals surface area contributed by atoms with Crippen LogP contribution in [0.3, 0.4) is 0 Å². The van der Waals surface area contributed by atoms with E-state index in [9.17, 15) is 28.8 Å². The number of aromatic nitrogens is 12. The molecule has 0 unspecified atom stereocenters. The molecule has 15 rings (SSSR count). The molecule has 0 saturated carbocycles. The van der Waals surface area contributed by atoms with Crippen molar-refractivity contribution in [3.8, 4) is 0 Å². The number of rotatable bonds is 25. The first-order chi connectivity index (χ1) is 63.2. The second-order valence-corrected chi connectivity index (χ2v) is 34.2. The summed E-state index contributed by atoms with van der Waals surface area (Å²) in [5.74, 6) is 0.371. The summed E-state index contributed by atoms with van der Waals surface area (Å²) in [6.07, 6.45) is 17.0. The van der Waals surface area contributed by atoms with E-state index in [4.69, 9.17) is 29.9 Å². The van der Waals surface area contributed by atoms with Crippen LogP contribution in [0, 0.1) is 41.5 Å². The van der Waals surface area contributed by atoms with E-state index in [1.807, 2.05) is 61.6 Å². The number of allylic oxidation sites excluding steroid dienone is 12. The molecule has 9 aromatic rings. The SMILES string of the molecule is C=C.C=Cc1c(C)c2cc3[nH]c(cc4nc(cc5nc(cc1[nH]2)C(C)=C5CCC(C)=O)C(CCC(=O)NC)=C4C)c(C)c3C=C.C=Cc1c(C)c2cc3[nH]c(cc4nc(cc5nc(cc1[nH]2)C(C)=C5CCC(C)=O)C(CCC(=O)NC)=C4C)c(C)c3C=C.C=Cc1c(C)c2cc3[nH]c(cc4nc(cc5nc(cc1[nH]2)C(C)=C5CCC(C)=O)C(CCC(=O)NCC)=C4C)c(C)c3C=C. The highest BCUT2D eigenvalue weighted by molar-refractivity contribution is 6.03. The van der Waals surface area contributed by atoms with E-state index in [0.29, 0.717) is 83.6 Å². The Morgan fingerprint density at radius 3 is 0.621 bits per heavy atom. The van der Waals surface area contributed by atoms with Gasteiger partial charge in [-0.25, -0.2) is 29.9 Å². The fraction of sp³-hybridized carbons (Fsp3) is 0.279. The molecule has 678 valence electrons.